The molecule has 1 amide bonds. The van der Waals surface area contributed by atoms with Crippen LogP contribution in [0.1, 0.15) is 15.9 Å². The number of carbonyl (C=O) groups is 1. The van der Waals surface area contributed by atoms with Crippen LogP contribution in [-0.2, 0) is 0 Å². The average Bonchev–Trinajstić information content (AvgIpc) is 2.73. The molecule has 0 fully saturated rings. The minimum Gasteiger partial charge on any atom is -0.507 e. The Morgan fingerprint density at radius 1 is 0.966 bits per heavy atom. The van der Waals surface area contributed by atoms with Crippen molar-refractivity contribution in [1.29, 1.82) is 0 Å². The zero-order chi connectivity index (χ0) is 20.4. The summed E-state index contributed by atoms with van der Waals surface area (Å²) < 4.78 is 0. The highest BCUT2D eigenvalue weighted by atomic mass is 16.6. The van der Waals surface area contributed by atoms with Gasteiger partial charge in [-0.2, -0.15) is 5.10 Å². The summed E-state index contributed by atoms with van der Waals surface area (Å²) >= 11 is 0. The van der Waals surface area contributed by atoms with Crippen molar-refractivity contribution in [3.05, 3.63) is 94.0 Å². The number of aromatic hydroxyl groups is 1. The Morgan fingerprint density at radius 3 is 2.21 bits per heavy atom. The number of nitro groups is 1. The maximum Gasteiger partial charge on any atom is 0.275 e. The van der Waals surface area contributed by atoms with E-state index in [9.17, 15) is 20.0 Å². The number of non-ortho nitro benzene ring substituents is 1. The van der Waals surface area contributed by atoms with Crippen molar-refractivity contribution in [2.75, 3.05) is 0 Å². The number of amides is 1. The summed E-state index contributed by atoms with van der Waals surface area (Å²) in [4.78, 5) is 22.6. The minimum atomic E-state index is -0.744. The van der Waals surface area contributed by atoms with Gasteiger partial charge in [-0.3, -0.25) is 14.9 Å². The van der Waals surface area contributed by atoms with E-state index in [1.54, 1.807) is 0 Å². The van der Waals surface area contributed by atoms with E-state index in [1.165, 1.54) is 6.21 Å². The Bertz CT molecular complexity index is 1240. The van der Waals surface area contributed by atoms with E-state index in [1.807, 2.05) is 48.5 Å². The number of nitrogens with zero attached hydrogens (tertiary/aromatic N) is 2. The number of hydrogen-bond acceptors (Lipinski definition) is 5. The molecule has 0 aliphatic heterocycles. The van der Waals surface area contributed by atoms with Crippen LogP contribution in [-0.4, -0.2) is 22.2 Å². The van der Waals surface area contributed by atoms with Gasteiger partial charge in [-0.1, -0.05) is 48.5 Å². The molecule has 4 aromatic carbocycles. The fourth-order valence-electron chi connectivity index (χ4n) is 3.22. The van der Waals surface area contributed by atoms with Crippen LogP contribution in [0.15, 0.2) is 77.9 Å². The molecule has 142 valence electrons. The molecule has 29 heavy (non-hydrogen) atoms. The van der Waals surface area contributed by atoms with Gasteiger partial charge in [0.2, 0.25) is 0 Å². The topological polar surface area (TPSA) is 105 Å². The number of carbonyl (C=O) groups excluding carboxylic acids is 1. The van der Waals surface area contributed by atoms with Gasteiger partial charge in [0.05, 0.1) is 16.7 Å². The summed E-state index contributed by atoms with van der Waals surface area (Å²) in [6, 6.07) is 21.0. The third-order valence-corrected chi connectivity index (χ3v) is 4.61. The molecule has 0 spiro atoms. The number of nitro benzene ring substituents is 1. The maximum atomic E-state index is 12.4. The Morgan fingerprint density at radius 2 is 1.59 bits per heavy atom. The Labute approximate surface area is 165 Å². The van der Waals surface area contributed by atoms with Gasteiger partial charge < -0.3 is 5.11 Å². The molecule has 0 unspecified atom stereocenters. The fraction of sp³-hybridized carbons (Fsp3) is 0. The minimum absolute atomic E-state index is 0.223. The molecule has 0 radical (unpaired) electrons. The molecular weight excluding hydrogens is 370 g/mol. The molecule has 0 aliphatic carbocycles. The lowest BCUT2D eigenvalue weighted by Gasteiger charge is -2.08. The van der Waals surface area contributed by atoms with Crippen LogP contribution in [0, 0.1) is 10.1 Å². The first kappa shape index (κ1) is 18.1. The molecule has 7 heteroatoms. The van der Waals surface area contributed by atoms with Crippen LogP contribution in [0.2, 0.25) is 0 Å². The predicted octanol–water partition coefficient (Wildman–Crippen LogP) is 4.37. The molecule has 0 saturated heterocycles. The van der Waals surface area contributed by atoms with E-state index in [2.05, 4.69) is 16.6 Å². The second-order valence-corrected chi connectivity index (χ2v) is 6.39. The van der Waals surface area contributed by atoms with Gasteiger partial charge in [-0.05, 0) is 33.7 Å². The summed E-state index contributed by atoms with van der Waals surface area (Å²) in [5.74, 6) is -1.11. The van der Waals surface area contributed by atoms with Gasteiger partial charge in [-0.15, -0.1) is 0 Å². The third-order valence-electron chi connectivity index (χ3n) is 4.61. The number of phenols is 1. The average molecular weight is 385 g/mol. The number of fused-ring (bicyclic) bond motifs is 2. The monoisotopic (exact) mass is 385 g/mol. The normalized spacial score (nSPS) is 11.2. The number of phenolic OH excluding ortho intramolecular Hbond substituents is 1. The number of rotatable bonds is 4. The van der Waals surface area contributed by atoms with Crippen molar-refractivity contribution in [3.63, 3.8) is 0 Å². The zero-order valence-corrected chi connectivity index (χ0v) is 15.1. The molecule has 0 aliphatic rings. The standard InChI is InChI=1S/C22H15N3O4/c26-21-10-9-16(25(28)29)12-19(21)22(27)24-23-13-20-17-7-3-1-5-14(17)11-15-6-2-4-8-18(15)20/h1-13,26H,(H,24,27)/b23-13-. The number of nitrogens with one attached hydrogen (secondary N) is 1. The van der Waals surface area contributed by atoms with E-state index < -0.39 is 10.8 Å². The largest absolute Gasteiger partial charge is 0.507 e. The Kier molecular flexibility index (Phi) is 4.62. The zero-order valence-electron chi connectivity index (χ0n) is 15.1. The predicted molar refractivity (Wildman–Crippen MR) is 111 cm³/mol. The molecule has 2 N–H and O–H groups in total. The third kappa shape index (κ3) is 3.49. The first-order chi connectivity index (χ1) is 14.0. The van der Waals surface area contributed by atoms with Gasteiger partial charge in [-0.25, -0.2) is 5.43 Å². The van der Waals surface area contributed by atoms with E-state index in [0.717, 1.165) is 45.3 Å². The molecule has 4 rings (SSSR count). The van der Waals surface area contributed by atoms with Crippen LogP contribution >= 0.6 is 0 Å². The van der Waals surface area contributed by atoms with Crippen LogP contribution in [0.5, 0.6) is 5.75 Å². The maximum absolute atomic E-state index is 12.4. The summed E-state index contributed by atoms with van der Waals surface area (Å²) in [5.41, 5.74) is 2.65. The van der Waals surface area contributed by atoms with Gasteiger partial charge in [0.25, 0.3) is 11.6 Å². The first-order valence-electron chi connectivity index (χ1n) is 8.76. The Hall–Kier alpha value is -4.26. The number of hydrazone groups is 1. The van der Waals surface area contributed by atoms with Gasteiger partial charge in [0.1, 0.15) is 5.75 Å². The molecule has 0 atom stereocenters. The summed E-state index contributed by atoms with van der Waals surface area (Å²) in [7, 11) is 0. The SMILES string of the molecule is O=C(N/N=C\c1c2ccccc2cc2ccccc12)c1cc([N+](=O)[O-])ccc1O. The lowest BCUT2D eigenvalue weighted by atomic mass is 9.97. The summed E-state index contributed by atoms with van der Waals surface area (Å²) in [5, 5.41) is 28.8. The molecule has 0 aromatic heterocycles. The second-order valence-electron chi connectivity index (χ2n) is 6.39. The van der Waals surface area contributed by atoms with Gasteiger partial charge in [0.15, 0.2) is 0 Å². The van der Waals surface area contributed by atoms with Crippen molar-refractivity contribution in [2.45, 2.75) is 0 Å². The molecule has 7 nitrogen and oxygen atoms in total. The highest BCUT2D eigenvalue weighted by Gasteiger charge is 2.16. The second kappa shape index (κ2) is 7.40. The van der Waals surface area contributed by atoms with Crippen molar-refractivity contribution in [3.8, 4) is 5.75 Å². The van der Waals surface area contributed by atoms with E-state index >= 15 is 0 Å². The molecule has 0 saturated carbocycles. The van der Waals surface area contributed by atoms with Crippen LogP contribution < -0.4 is 5.43 Å². The van der Waals surface area contributed by atoms with Crippen molar-refractivity contribution in [2.24, 2.45) is 5.10 Å². The van der Waals surface area contributed by atoms with Crippen molar-refractivity contribution in [1.82, 2.24) is 5.43 Å². The van der Waals surface area contributed by atoms with E-state index in [-0.39, 0.29) is 17.0 Å². The van der Waals surface area contributed by atoms with E-state index in [0.29, 0.717) is 0 Å². The van der Waals surface area contributed by atoms with Crippen LogP contribution in [0.25, 0.3) is 21.5 Å². The summed E-state index contributed by atoms with van der Waals surface area (Å²) in [6.45, 7) is 0. The first-order valence-corrected chi connectivity index (χ1v) is 8.76. The fourth-order valence-corrected chi connectivity index (χ4v) is 3.22. The lowest BCUT2D eigenvalue weighted by Crippen LogP contribution is -2.18. The van der Waals surface area contributed by atoms with Crippen LogP contribution in [0.4, 0.5) is 5.69 Å². The molecule has 0 heterocycles. The molecule has 0 bridgehead atoms. The van der Waals surface area contributed by atoms with Crippen molar-refractivity contribution >= 4 is 39.4 Å². The lowest BCUT2D eigenvalue weighted by molar-refractivity contribution is -0.384. The highest BCUT2D eigenvalue weighted by Crippen LogP contribution is 2.27. The van der Waals surface area contributed by atoms with Crippen LogP contribution in [0.3, 0.4) is 0 Å². The van der Waals surface area contributed by atoms with Crippen molar-refractivity contribution < 1.29 is 14.8 Å². The number of hydrogen-bond donors (Lipinski definition) is 2. The van der Waals surface area contributed by atoms with E-state index in [4.69, 9.17) is 0 Å². The number of benzene rings is 4. The Balaban J connectivity index is 1.69. The summed E-state index contributed by atoms with van der Waals surface area (Å²) in [6.07, 6.45) is 1.54. The van der Waals surface area contributed by atoms with Gasteiger partial charge in [0, 0.05) is 17.7 Å². The smallest absolute Gasteiger partial charge is 0.275 e. The molecule has 4 aromatic rings. The quantitative estimate of drug-likeness (QED) is 0.235. The highest BCUT2D eigenvalue weighted by molar-refractivity contribution is 6.13. The van der Waals surface area contributed by atoms with Gasteiger partial charge >= 0.3 is 0 Å². The molecular formula is C22H15N3O4.